The lowest BCUT2D eigenvalue weighted by Crippen LogP contribution is -2.03. The number of methoxy groups -OCH3 is 1. The molecule has 1 heterocycles. The van der Waals surface area contributed by atoms with Gasteiger partial charge >= 0.3 is 5.97 Å². The maximum atomic E-state index is 11.2. The number of phenolic OH excluding ortho intramolecular Hbond substituents is 1. The molecule has 0 amide bonds. The first kappa shape index (κ1) is 9.45. The van der Waals surface area contributed by atoms with Crippen LogP contribution >= 0.6 is 0 Å². The topological polar surface area (TPSA) is 59.4 Å². The van der Waals surface area contributed by atoms with Crippen LogP contribution in [-0.2, 0) is 4.74 Å². The van der Waals surface area contributed by atoms with Crippen molar-refractivity contribution in [1.82, 2.24) is 4.98 Å². The minimum absolute atomic E-state index is 0.125. The van der Waals surface area contributed by atoms with Gasteiger partial charge in [0, 0.05) is 17.0 Å². The summed E-state index contributed by atoms with van der Waals surface area (Å²) in [6.45, 7) is 0. The van der Waals surface area contributed by atoms with E-state index >= 15 is 0 Å². The molecule has 4 heteroatoms. The van der Waals surface area contributed by atoms with Crippen molar-refractivity contribution < 1.29 is 14.6 Å². The third-order valence-electron chi connectivity index (χ3n) is 2.14. The van der Waals surface area contributed by atoms with E-state index in [0.29, 0.717) is 5.39 Å². The highest BCUT2D eigenvalue weighted by molar-refractivity contribution is 5.95. The molecule has 0 aliphatic heterocycles. The zero-order valence-electron chi connectivity index (χ0n) is 8.10. The van der Waals surface area contributed by atoms with Crippen LogP contribution in [0.2, 0.25) is 0 Å². The van der Waals surface area contributed by atoms with Crippen molar-refractivity contribution in [2.45, 2.75) is 0 Å². The van der Waals surface area contributed by atoms with Gasteiger partial charge < -0.3 is 9.84 Å². The molecule has 0 unspecified atom stereocenters. The number of nitrogens with zero attached hydrogens (tertiary/aromatic N) is 1. The second-order valence-electron chi connectivity index (χ2n) is 3.06. The number of hydrogen-bond acceptors (Lipinski definition) is 4. The average molecular weight is 203 g/mol. The Labute approximate surface area is 86.1 Å². The van der Waals surface area contributed by atoms with E-state index in [0.717, 1.165) is 5.39 Å². The Morgan fingerprint density at radius 2 is 2.27 bits per heavy atom. The van der Waals surface area contributed by atoms with Crippen molar-refractivity contribution in [3.8, 4) is 5.75 Å². The molecular formula is C11H9NO3. The highest BCUT2D eigenvalue weighted by atomic mass is 16.5. The molecule has 1 aromatic carbocycles. The second kappa shape index (κ2) is 3.57. The minimum Gasteiger partial charge on any atom is -0.507 e. The van der Waals surface area contributed by atoms with Gasteiger partial charge in [0.25, 0.3) is 0 Å². The lowest BCUT2D eigenvalue weighted by atomic mass is 10.1. The molecule has 0 atom stereocenters. The van der Waals surface area contributed by atoms with Crippen LogP contribution in [0.3, 0.4) is 0 Å². The molecule has 0 saturated heterocycles. The van der Waals surface area contributed by atoms with E-state index in [1.807, 2.05) is 6.07 Å². The van der Waals surface area contributed by atoms with E-state index in [2.05, 4.69) is 9.72 Å². The summed E-state index contributed by atoms with van der Waals surface area (Å²) in [6, 6.07) is 6.60. The summed E-state index contributed by atoms with van der Waals surface area (Å²) in [5.74, 6) is -0.389. The van der Waals surface area contributed by atoms with Crippen LogP contribution in [0.4, 0.5) is 0 Å². The zero-order chi connectivity index (χ0) is 10.8. The molecule has 2 rings (SSSR count). The fourth-order valence-electron chi connectivity index (χ4n) is 1.37. The van der Waals surface area contributed by atoms with Crippen molar-refractivity contribution in [1.29, 1.82) is 0 Å². The summed E-state index contributed by atoms with van der Waals surface area (Å²) < 4.78 is 4.54. The summed E-state index contributed by atoms with van der Waals surface area (Å²) in [4.78, 5) is 15.1. The number of phenols is 1. The van der Waals surface area contributed by atoms with E-state index in [-0.39, 0.29) is 11.4 Å². The molecule has 0 fully saturated rings. The molecular weight excluding hydrogens is 194 g/mol. The number of hydrogen-bond donors (Lipinski definition) is 1. The first-order valence-corrected chi connectivity index (χ1v) is 4.38. The monoisotopic (exact) mass is 203 g/mol. The van der Waals surface area contributed by atoms with Gasteiger partial charge in [0.2, 0.25) is 0 Å². The van der Waals surface area contributed by atoms with Gasteiger partial charge in [0.1, 0.15) is 11.4 Å². The van der Waals surface area contributed by atoms with Crippen molar-refractivity contribution in [2.75, 3.05) is 7.11 Å². The number of carbonyl (C=O) groups is 1. The average Bonchev–Trinajstić information content (AvgIpc) is 2.28. The maximum Gasteiger partial charge on any atom is 0.356 e. The van der Waals surface area contributed by atoms with Crippen LogP contribution in [0.5, 0.6) is 5.75 Å². The van der Waals surface area contributed by atoms with Gasteiger partial charge in [-0.1, -0.05) is 12.1 Å². The number of fused-ring (bicyclic) bond motifs is 1. The molecule has 0 radical (unpaired) electrons. The van der Waals surface area contributed by atoms with E-state index in [1.54, 1.807) is 12.1 Å². The van der Waals surface area contributed by atoms with Crippen LogP contribution in [-0.4, -0.2) is 23.2 Å². The molecule has 0 bridgehead atoms. The second-order valence-corrected chi connectivity index (χ2v) is 3.06. The van der Waals surface area contributed by atoms with Gasteiger partial charge in [-0.25, -0.2) is 9.78 Å². The van der Waals surface area contributed by atoms with Crippen LogP contribution in [0.1, 0.15) is 10.5 Å². The molecule has 1 aromatic heterocycles. The summed E-state index contributed by atoms with van der Waals surface area (Å²) in [7, 11) is 1.29. The van der Waals surface area contributed by atoms with Gasteiger partial charge in [-0.3, -0.25) is 0 Å². The smallest absolute Gasteiger partial charge is 0.356 e. The van der Waals surface area contributed by atoms with Crippen molar-refractivity contribution in [3.05, 3.63) is 36.2 Å². The molecule has 76 valence electrons. The first-order chi connectivity index (χ1) is 7.22. The van der Waals surface area contributed by atoms with E-state index in [4.69, 9.17) is 0 Å². The number of esters is 1. The van der Waals surface area contributed by atoms with Crippen LogP contribution in [0, 0.1) is 0 Å². The molecule has 1 N–H and O–H groups in total. The molecule has 15 heavy (non-hydrogen) atoms. The predicted octanol–water partition coefficient (Wildman–Crippen LogP) is 1.73. The Hall–Kier alpha value is -2.10. The van der Waals surface area contributed by atoms with Crippen molar-refractivity contribution >= 4 is 16.7 Å². The van der Waals surface area contributed by atoms with Crippen molar-refractivity contribution in [2.24, 2.45) is 0 Å². The molecule has 0 aliphatic carbocycles. The highest BCUT2D eigenvalue weighted by Crippen LogP contribution is 2.24. The minimum atomic E-state index is -0.514. The normalized spacial score (nSPS) is 10.2. The van der Waals surface area contributed by atoms with Crippen LogP contribution in [0.15, 0.2) is 30.5 Å². The Morgan fingerprint density at radius 3 is 3.00 bits per heavy atom. The molecule has 0 aliphatic rings. The Bertz CT molecular complexity index is 522. The van der Waals surface area contributed by atoms with E-state index in [9.17, 15) is 9.90 Å². The molecule has 0 saturated carbocycles. The van der Waals surface area contributed by atoms with Crippen LogP contribution < -0.4 is 0 Å². The largest absolute Gasteiger partial charge is 0.507 e. The predicted molar refractivity (Wildman–Crippen MR) is 54.7 cm³/mol. The van der Waals surface area contributed by atoms with Gasteiger partial charge in [0.15, 0.2) is 0 Å². The maximum absolute atomic E-state index is 11.2. The molecule has 0 spiro atoms. The van der Waals surface area contributed by atoms with Crippen molar-refractivity contribution in [3.63, 3.8) is 0 Å². The third-order valence-corrected chi connectivity index (χ3v) is 2.14. The van der Waals surface area contributed by atoms with Gasteiger partial charge in [-0.2, -0.15) is 0 Å². The fourth-order valence-corrected chi connectivity index (χ4v) is 1.37. The van der Waals surface area contributed by atoms with Gasteiger partial charge in [-0.05, 0) is 12.1 Å². The number of aromatic nitrogens is 1. The lowest BCUT2D eigenvalue weighted by Gasteiger charge is -2.02. The lowest BCUT2D eigenvalue weighted by molar-refractivity contribution is 0.0594. The highest BCUT2D eigenvalue weighted by Gasteiger charge is 2.08. The fraction of sp³-hybridized carbons (Fsp3) is 0.0909. The third kappa shape index (κ3) is 1.61. The Kier molecular flexibility index (Phi) is 2.25. The number of aromatic hydroxyl groups is 1. The Morgan fingerprint density at radius 1 is 1.47 bits per heavy atom. The number of pyridine rings is 1. The number of ether oxygens (including phenoxy) is 1. The number of carbonyl (C=O) groups excluding carboxylic acids is 1. The summed E-state index contributed by atoms with van der Waals surface area (Å²) in [5, 5.41) is 10.9. The summed E-state index contributed by atoms with van der Waals surface area (Å²) in [6.07, 6.45) is 1.53. The quantitative estimate of drug-likeness (QED) is 0.717. The SMILES string of the molecule is COC(=O)c1cc2c(O)cccc2cn1. The standard InChI is InChI=1S/C11H9NO3/c1-15-11(14)9-5-8-7(6-12-9)3-2-4-10(8)13/h2-6,13H,1H3. The number of rotatable bonds is 1. The van der Waals surface area contributed by atoms with Crippen LogP contribution in [0.25, 0.3) is 10.8 Å². The van der Waals surface area contributed by atoms with Gasteiger partial charge in [0.05, 0.1) is 7.11 Å². The summed E-state index contributed by atoms with van der Waals surface area (Å²) >= 11 is 0. The molecule has 2 aromatic rings. The van der Waals surface area contributed by atoms with E-state index in [1.165, 1.54) is 19.4 Å². The Balaban J connectivity index is 2.64. The first-order valence-electron chi connectivity index (χ1n) is 4.38. The van der Waals surface area contributed by atoms with E-state index < -0.39 is 5.97 Å². The molecule has 4 nitrogen and oxygen atoms in total. The van der Waals surface area contributed by atoms with Gasteiger partial charge in [-0.15, -0.1) is 0 Å². The number of benzene rings is 1. The zero-order valence-corrected chi connectivity index (χ0v) is 8.10. The summed E-state index contributed by atoms with van der Waals surface area (Å²) in [5.41, 5.74) is 0.187.